The molecule has 1 aromatic rings. The molecule has 3 rings (SSSR count). The van der Waals surface area contributed by atoms with E-state index < -0.39 is 23.7 Å². The lowest BCUT2D eigenvalue weighted by molar-refractivity contribution is -0.220. The summed E-state index contributed by atoms with van der Waals surface area (Å²) in [5.74, 6) is -2.88. The second-order valence-corrected chi connectivity index (χ2v) is 6.43. The van der Waals surface area contributed by atoms with E-state index in [4.69, 9.17) is 20.8 Å². The number of esters is 1. The number of fused-ring (bicyclic) bond motifs is 2. The highest BCUT2D eigenvalue weighted by atomic mass is 35.5. The average molecular weight is 367 g/mol. The van der Waals surface area contributed by atoms with Crippen LogP contribution in [0.25, 0.3) is 0 Å². The second-order valence-electron chi connectivity index (χ2n) is 6.06. The minimum absolute atomic E-state index is 0.00905. The maximum absolute atomic E-state index is 12.5. The number of nitrogens with one attached hydrogen (secondary N) is 1. The number of piperidine rings is 2. The summed E-state index contributed by atoms with van der Waals surface area (Å²) in [4.78, 5) is 25.1. The van der Waals surface area contributed by atoms with E-state index in [0.29, 0.717) is 13.1 Å². The van der Waals surface area contributed by atoms with Gasteiger partial charge in [-0.25, -0.2) is 4.79 Å². The number of alkyl halides is 3. The third-order valence-electron chi connectivity index (χ3n) is 4.11. The van der Waals surface area contributed by atoms with Crippen LogP contribution in [0.1, 0.15) is 17.0 Å². The second kappa shape index (κ2) is 5.96. The van der Waals surface area contributed by atoms with Gasteiger partial charge in [-0.15, -0.1) is 0 Å². The molecule has 2 unspecified atom stereocenters. The summed E-state index contributed by atoms with van der Waals surface area (Å²) in [6.45, 7) is 0.757. The minimum Gasteiger partial charge on any atom is -0.449 e. The van der Waals surface area contributed by atoms with E-state index in [-0.39, 0.29) is 36.4 Å². The molecule has 132 valence electrons. The summed E-state index contributed by atoms with van der Waals surface area (Å²) in [6.07, 6.45) is -4.81. The SMILES string of the molecule is O=C(c1ccc(Cl)o1)N1CC2CNCC(OC(=O)C(F)(F)F)(C2)C1. The first-order chi connectivity index (χ1) is 11.2. The summed E-state index contributed by atoms with van der Waals surface area (Å²) >= 11 is 5.64. The Kier molecular flexibility index (Phi) is 4.25. The van der Waals surface area contributed by atoms with Crippen LogP contribution >= 0.6 is 11.6 Å². The zero-order chi connectivity index (χ0) is 17.5. The van der Waals surface area contributed by atoms with Crippen LogP contribution in [0, 0.1) is 5.92 Å². The van der Waals surface area contributed by atoms with Crippen molar-refractivity contribution in [2.45, 2.75) is 18.2 Å². The standard InChI is InChI=1S/C14H14ClF3N2O4/c15-10-2-1-9(23-10)11(21)20-5-8-3-13(7-20,6-19-4-8)24-12(22)14(16,17)18/h1-2,8,19H,3-7H2. The van der Waals surface area contributed by atoms with E-state index in [1.165, 1.54) is 17.0 Å². The first kappa shape index (κ1) is 17.1. The molecule has 0 aromatic carbocycles. The molecule has 1 N–H and O–H groups in total. The van der Waals surface area contributed by atoms with E-state index in [1.54, 1.807) is 0 Å². The van der Waals surface area contributed by atoms with Gasteiger partial charge < -0.3 is 19.4 Å². The first-order valence-electron chi connectivity index (χ1n) is 7.24. The van der Waals surface area contributed by atoms with E-state index in [2.05, 4.69) is 5.32 Å². The fraction of sp³-hybridized carbons (Fsp3) is 0.571. The van der Waals surface area contributed by atoms with Gasteiger partial charge in [0.2, 0.25) is 0 Å². The smallest absolute Gasteiger partial charge is 0.449 e. The lowest BCUT2D eigenvalue weighted by Crippen LogP contribution is -2.65. The number of amides is 1. The quantitative estimate of drug-likeness (QED) is 0.809. The molecular weight excluding hydrogens is 353 g/mol. The van der Waals surface area contributed by atoms with Crippen molar-refractivity contribution in [1.82, 2.24) is 10.2 Å². The summed E-state index contributed by atoms with van der Waals surface area (Å²) < 4.78 is 47.5. The molecule has 24 heavy (non-hydrogen) atoms. The van der Waals surface area contributed by atoms with Gasteiger partial charge in [-0.05, 0) is 42.6 Å². The number of nitrogens with zero attached hydrogens (tertiary/aromatic N) is 1. The Bertz CT molecular complexity index is 663. The summed E-state index contributed by atoms with van der Waals surface area (Å²) in [5, 5.41) is 3.00. The largest absolute Gasteiger partial charge is 0.490 e. The number of hydrogen-bond donors (Lipinski definition) is 1. The zero-order valence-corrected chi connectivity index (χ0v) is 13.1. The fourth-order valence-corrected chi connectivity index (χ4v) is 3.40. The molecule has 6 nitrogen and oxygen atoms in total. The molecule has 0 aliphatic carbocycles. The first-order valence-corrected chi connectivity index (χ1v) is 7.62. The molecule has 2 saturated heterocycles. The topological polar surface area (TPSA) is 71.8 Å². The van der Waals surface area contributed by atoms with Gasteiger partial charge in [-0.1, -0.05) is 0 Å². The molecule has 2 aliphatic rings. The van der Waals surface area contributed by atoms with Crippen LogP contribution < -0.4 is 5.32 Å². The van der Waals surface area contributed by atoms with Gasteiger partial charge in [0.1, 0.15) is 5.60 Å². The molecule has 10 heteroatoms. The molecule has 0 spiro atoms. The van der Waals surface area contributed by atoms with Crippen molar-refractivity contribution >= 4 is 23.5 Å². The molecule has 2 aliphatic heterocycles. The van der Waals surface area contributed by atoms with Gasteiger partial charge >= 0.3 is 12.1 Å². The van der Waals surface area contributed by atoms with Crippen LogP contribution in [0.3, 0.4) is 0 Å². The molecule has 3 heterocycles. The Hall–Kier alpha value is -1.74. The Balaban J connectivity index is 1.80. The summed E-state index contributed by atoms with van der Waals surface area (Å²) in [6, 6.07) is 2.79. The number of carbonyl (C=O) groups excluding carboxylic acids is 2. The number of likely N-dealkylation sites (tertiary alicyclic amines) is 1. The number of hydrogen-bond acceptors (Lipinski definition) is 5. The third kappa shape index (κ3) is 3.36. The van der Waals surface area contributed by atoms with Gasteiger partial charge in [0.25, 0.3) is 5.91 Å². The zero-order valence-electron chi connectivity index (χ0n) is 12.4. The van der Waals surface area contributed by atoms with E-state index in [9.17, 15) is 22.8 Å². The van der Waals surface area contributed by atoms with Crippen molar-refractivity contribution in [3.8, 4) is 0 Å². The van der Waals surface area contributed by atoms with Crippen molar-refractivity contribution in [2.24, 2.45) is 5.92 Å². The third-order valence-corrected chi connectivity index (χ3v) is 4.31. The van der Waals surface area contributed by atoms with Crippen molar-refractivity contribution in [3.63, 3.8) is 0 Å². The van der Waals surface area contributed by atoms with E-state index >= 15 is 0 Å². The molecule has 1 amide bonds. The van der Waals surface area contributed by atoms with Crippen LogP contribution in [0.15, 0.2) is 16.5 Å². The lowest BCUT2D eigenvalue weighted by Gasteiger charge is -2.48. The lowest BCUT2D eigenvalue weighted by atomic mass is 9.81. The fourth-order valence-electron chi connectivity index (χ4n) is 3.25. The maximum Gasteiger partial charge on any atom is 0.490 e. The molecule has 2 atom stereocenters. The van der Waals surface area contributed by atoms with Gasteiger partial charge in [0.05, 0.1) is 6.54 Å². The summed E-state index contributed by atoms with van der Waals surface area (Å²) in [7, 11) is 0. The number of furan rings is 1. The van der Waals surface area contributed by atoms with Gasteiger partial charge in [-0.3, -0.25) is 4.79 Å². The average Bonchev–Trinajstić information content (AvgIpc) is 2.91. The minimum atomic E-state index is -5.08. The van der Waals surface area contributed by atoms with Crippen molar-refractivity contribution < 1.29 is 31.9 Å². The number of ether oxygens (including phenoxy) is 1. The van der Waals surface area contributed by atoms with Crippen LogP contribution in [0.5, 0.6) is 0 Å². The molecule has 2 fully saturated rings. The van der Waals surface area contributed by atoms with Crippen LogP contribution in [-0.4, -0.2) is 54.7 Å². The van der Waals surface area contributed by atoms with Crippen LogP contribution in [-0.2, 0) is 9.53 Å². The Labute approximate surface area is 139 Å². The van der Waals surface area contributed by atoms with Gasteiger partial charge in [-0.2, -0.15) is 13.2 Å². The van der Waals surface area contributed by atoms with Crippen LogP contribution in [0.2, 0.25) is 5.22 Å². The normalized spacial score (nSPS) is 27.0. The van der Waals surface area contributed by atoms with Crippen molar-refractivity contribution in [2.75, 3.05) is 26.2 Å². The predicted molar refractivity (Wildman–Crippen MR) is 75.5 cm³/mol. The highest BCUT2D eigenvalue weighted by Crippen LogP contribution is 2.34. The Morgan fingerprint density at radius 2 is 2.17 bits per heavy atom. The molecule has 1 aromatic heterocycles. The molecule has 0 saturated carbocycles. The molecular formula is C14H14ClF3N2O4. The maximum atomic E-state index is 12.5. The summed E-state index contributed by atoms with van der Waals surface area (Å²) in [5.41, 5.74) is -1.40. The molecule has 2 bridgehead atoms. The van der Waals surface area contributed by atoms with Crippen LogP contribution in [0.4, 0.5) is 13.2 Å². The van der Waals surface area contributed by atoms with Gasteiger partial charge in [0.15, 0.2) is 11.0 Å². The predicted octanol–water partition coefficient (Wildman–Crippen LogP) is 1.84. The number of carbonyl (C=O) groups is 2. The Morgan fingerprint density at radius 3 is 2.79 bits per heavy atom. The number of rotatable bonds is 2. The number of halogens is 4. The highest BCUT2D eigenvalue weighted by Gasteiger charge is 2.51. The highest BCUT2D eigenvalue weighted by molar-refractivity contribution is 6.29. The van der Waals surface area contributed by atoms with Crippen molar-refractivity contribution in [1.29, 1.82) is 0 Å². The monoisotopic (exact) mass is 366 g/mol. The molecule has 0 radical (unpaired) electrons. The van der Waals surface area contributed by atoms with E-state index in [1.807, 2.05) is 0 Å². The Morgan fingerprint density at radius 1 is 1.42 bits per heavy atom. The van der Waals surface area contributed by atoms with E-state index in [0.717, 1.165) is 0 Å². The van der Waals surface area contributed by atoms with Gasteiger partial charge in [0, 0.05) is 13.1 Å². The van der Waals surface area contributed by atoms with Crippen molar-refractivity contribution in [3.05, 3.63) is 23.1 Å².